The topological polar surface area (TPSA) is 95.1 Å². The van der Waals surface area contributed by atoms with Crippen molar-refractivity contribution in [2.45, 2.75) is 6.92 Å². The molecule has 2 aromatic heterocycles. The Kier molecular flexibility index (Phi) is 3.09. The minimum atomic E-state index is -0.544. The lowest BCUT2D eigenvalue weighted by atomic mass is 10.2. The normalized spacial score (nSPS) is 10.1. The van der Waals surface area contributed by atoms with Crippen LogP contribution in [0.25, 0.3) is 0 Å². The first kappa shape index (κ1) is 11.8. The van der Waals surface area contributed by atoms with Gasteiger partial charge in [0.2, 0.25) is 0 Å². The SMILES string of the molecule is Cc1cccc(NC(=O)c2cc(O)[nH]c(=O)c2)n1. The second-order valence-electron chi connectivity index (χ2n) is 3.74. The highest BCUT2D eigenvalue weighted by Crippen LogP contribution is 2.08. The Morgan fingerprint density at radius 2 is 2.17 bits per heavy atom. The fourth-order valence-corrected chi connectivity index (χ4v) is 1.46. The smallest absolute Gasteiger partial charge is 0.257 e. The Morgan fingerprint density at radius 3 is 2.83 bits per heavy atom. The Morgan fingerprint density at radius 1 is 1.39 bits per heavy atom. The Labute approximate surface area is 102 Å². The first-order valence-corrected chi connectivity index (χ1v) is 5.23. The van der Waals surface area contributed by atoms with Gasteiger partial charge in [-0.3, -0.25) is 14.6 Å². The van der Waals surface area contributed by atoms with Crippen molar-refractivity contribution in [2.24, 2.45) is 0 Å². The molecule has 0 aliphatic heterocycles. The van der Waals surface area contributed by atoms with Crippen molar-refractivity contribution < 1.29 is 9.90 Å². The summed E-state index contributed by atoms with van der Waals surface area (Å²) in [5, 5.41) is 11.7. The number of pyridine rings is 2. The molecule has 0 aromatic carbocycles. The minimum absolute atomic E-state index is 0.0690. The molecule has 6 nitrogen and oxygen atoms in total. The summed E-state index contributed by atoms with van der Waals surface area (Å²) in [7, 11) is 0. The molecule has 0 atom stereocenters. The molecule has 92 valence electrons. The molecule has 0 fully saturated rings. The van der Waals surface area contributed by atoms with E-state index >= 15 is 0 Å². The van der Waals surface area contributed by atoms with Crippen LogP contribution in [0.4, 0.5) is 5.82 Å². The third kappa shape index (κ3) is 2.73. The van der Waals surface area contributed by atoms with Gasteiger partial charge in [-0.1, -0.05) is 6.07 Å². The van der Waals surface area contributed by atoms with Gasteiger partial charge in [0.25, 0.3) is 11.5 Å². The van der Waals surface area contributed by atoms with Gasteiger partial charge >= 0.3 is 0 Å². The zero-order chi connectivity index (χ0) is 13.1. The van der Waals surface area contributed by atoms with Gasteiger partial charge < -0.3 is 10.4 Å². The van der Waals surface area contributed by atoms with Crippen molar-refractivity contribution in [1.29, 1.82) is 0 Å². The van der Waals surface area contributed by atoms with Crippen LogP contribution in [-0.2, 0) is 0 Å². The number of nitrogens with one attached hydrogen (secondary N) is 2. The van der Waals surface area contributed by atoms with Crippen LogP contribution < -0.4 is 10.9 Å². The monoisotopic (exact) mass is 245 g/mol. The number of H-pyrrole nitrogens is 1. The average molecular weight is 245 g/mol. The standard InChI is InChI=1S/C12H11N3O3/c1-7-3-2-4-9(13-7)14-12(18)8-5-10(16)15-11(17)6-8/h2-6H,1H3,(H,13,14,18)(H2,15,16,17). The Bertz CT molecular complexity index is 649. The van der Waals surface area contributed by atoms with Crippen molar-refractivity contribution in [3.05, 3.63) is 51.9 Å². The highest BCUT2D eigenvalue weighted by Gasteiger charge is 2.09. The molecular formula is C12H11N3O3. The molecule has 2 heterocycles. The highest BCUT2D eigenvalue weighted by molar-refractivity contribution is 6.03. The number of amides is 1. The molecule has 0 spiro atoms. The number of anilines is 1. The van der Waals surface area contributed by atoms with E-state index in [1.165, 1.54) is 6.07 Å². The molecule has 0 saturated heterocycles. The van der Waals surface area contributed by atoms with Gasteiger partial charge in [0.15, 0.2) is 5.88 Å². The van der Waals surface area contributed by atoms with Crippen molar-refractivity contribution in [3.8, 4) is 5.88 Å². The molecule has 3 N–H and O–H groups in total. The summed E-state index contributed by atoms with van der Waals surface area (Å²) in [6, 6.07) is 7.47. The lowest BCUT2D eigenvalue weighted by molar-refractivity contribution is 0.102. The van der Waals surface area contributed by atoms with Crippen LogP contribution in [-0.4, -0.2) is 21.0 Å². The molecule has 0 aliphatic rings. The van der Waals surface area contributed by atoms with E-state index in [9.17, 15) is 14.7 Å². The summed E-state index contributed by atoms with van der Waals surface area (Å²) < 4.78 is 0. The summed E-state index contributed by atoms with van der Waals surface area (Å²) in [4.78, 5) is 29.2. The molecule has 0 radical (unpaired) electrons. The maximum absolute atomic E-state index is 11.8. The molecule has 1 amide bonds. The molecule has 0 bridgehead atoms. The van der Waals surface area contributed by atoms with Gasteiger partial charge in [0.1, 0.15) is 5.82 Å². The van der Waals surface area contributed by atoms with Crippen LogP contribution in [0.1, 0.15) is 16.1 Å². The number of nitrogens with zero attached hydrogens (tertiary/aromatic N) is 1. The van der Waals surface area contributed by atoms with E-state index in [-0.39, 0.29) is 11.4 Å². The number of hydrogen-bond donors (Lipinski definition) is 3. The summed E-state index contributed by atoms with van der Waals surface area (Å²) in [6.07, 6.45) is 0. The molecule has 2 rings (SSSR count). The number of aryl methyl sites for hydroxylation is 1. The van der Waals surface area contributed by atoms with E-state index in [4.69, 9.17) is 0 Å². The molecule has 18 heavy (non-hydrogen) atoms. The number of hydrogen-bond acceptors (Lipinski definition) is 4. The van der Waals surface area contributed by atoms with Crippen molar-refractivity contribution >= 4 is 11.7 Å². The number of aromatic hydroxyl groups is 1. The highest BCUT2D eigenvalue weighted by atomic mass is 16.3. The lowest BCUT2D eigenvalue weighted by Gasteiger charge is -2.05. The first-order chi connectivity index (χ1) is 8.54. The predicted octanol–water partition coefficient (Wildman–Crippen LogP) is 1.04. The maximum Gasteiger partial charge on any atom is 0.257 e. The van der Waals surface area contributed by atoms with Crippen LogP contribution in [0.5, 0.6) is 5.88 Å². The number of rotatable bonds is 2. The zero-order valence-electron chi connectivity index (χ0n) is 9.60. The third-order valence-corrected chi connectivity index (χ3v) is 2.22. The molecule has 6 heteroatoms. The van der Waals surface area contributed by atoms with E-state index < -0.39 is 11.5 Å². The van der Waals surface area contributed by atoms with Crippen molar-refractivity contribution in [1.82, 2.24) is 9.97 Å². The second kappa shape index (κ2) is 4.70. The quantitative estimate of drug-likeness (QED) is 0.736. The Hall–Kier alpha value is -2.63. The number of aromatic amines is 1. The third-order valence-electron chi connectivity index (χ3n) is 2.22. The van der Waals surface area contributed by atoms with Crippen LogP contribution in [0, 0.1) is 6.92 Å². The second-order valence-corrected chi connectivity index (χ2v) is 3.74. The Balaban J connectivity index is 2.24. The van der Waals surface area contributed by atoms with Gasteiger partial charge in [-0.15, -0.1) is 0 Å². The molecule has 0 aliphatic carbocycles. The summed E-state index contributed by atoms with van der Waals surface area (Å²) in [5.74, 6) is -0.473. The van der Waals surface area contributed by atoms with Gasteiger partial charge in [0, 0.05) is 17.8 Å². The largest absolute Gasteiger partial charge is 0.494 e. The zero-order valence-corrected chi connectivity index (χ0v) is 9.60. The molecular weight excluding hydrogens is 234 g/mol. The number of carbonyl (C=O) groups excluding carboxylic acids is 1. The molecule has 2 aromatic rings. The van der Waals surface area contributed by atoms with Gasteiger partial charge in [0.05, 0.1) is 5.56 Å². The van der Waals surface area contributed by atoms with E-state index in [0.717, 1.165) is 11.8 Å². The van der Waals surface area contributed by atoms with E-state index in [1.54, 1.807) is 25.1 Å². The van der Waals surface area contributed by atoms with E-state index in [1.807, 2.05) is 0 Å². The predicted molar refractivity (Wildman–Crippen MR) is 65.7 cm³/mol. The summed E-state index contributed by atoms with van der Waals surface area (Å²) in [5.41, 5.74) is 0.290. The molecule has 0 unspecified atom stereocenters. The fourth-order valence-electron chi connectivity index (χ4n) is 1.46. The van der Waals surface area contributed by atoms with Gasteiger partial charge in [-0.05, 0) is 19.1 Å². The fraction of sp³-hybridized carbons (Fsp3) is 0.0833. The van der Waals surface area contributed by atoms with Crippen LogP contribution in [0.15, 0.2) is 35.1 Å². The van der Waals surface area contributed by atoms with Crippen LogP contribution in [0.2, 0.25) is 0 Å². The van der Waals surface area contributed by atoms with E-state index in [0.29, 0.717) is 5.82 Å². The van der Waals surface area contributed by atoms with Crippen LogP contribution in [0.3, 0.4) is 0 Å². The number of aromatic nitrogens is 2. The van der Waals surface area contributed by atoms with E-state index in [2.05, 4.69) is 15.3 Å². The minimum Gasteiger partial charge on any atom is -0.494 e. The average Bonchev–Trinajstić information content (AvgIpc) is 2.27. The summed E-state index contributed by atoms with van der Waals surface area (Å²) >= 11 is 0. The summed E-state index contributed by atoms with van der Waals surface area (Å²) in [6.45, 7) is 1.80. The first-order valence-electron chi connectivity index (χ1n) is 5.23. The van der Waals surface area contributed by atoms with Crippen LogP contribution >= 0.6 is 0 Å². The van der Waals surface area contributed by atoms with Crippen molar-refractivity contribution in [2.75, 3.05) is 5.32 Å². The maximum atomic E-state index is 11.8. The lowest BCUT2D eigenvalue weighted by Crippen LogP contribution is -2.16. The van der Waals surface area contributed by atoms with Gasteiger partial charge in [-0.25, -0.2) is 4.98 Å². The van der Waals surface area contributed by atoms with Crippen molar-refractivity contribution in [3.63, 3.8) is 0 Å². The number of carbonyl (C=O) groups is 1. The molecule has 0 saturated carbocycles. The van der Waals surface area contributed by atoms with Gasteiger partial charge in [-0.2, -0.15) is 0 Å².